The van der Waals surface area contributed by atoms with Crippen LogP contribution < -0.4 is 4.74 Å². The third kappa shape index (κ3) is 6.03. The number of carboxylic acids is 1. The van der Waals surface area contributed by atoms with E-state index in [1.807, 2.05) is 24.3 Å². The third-order valence-corrected chi connectivity index (χ3v) is 5.87. The fourth-order valence-electron chi connectivity index (χ4n) is 3.88. The summed E-state index contributed by atoms with van der Waals surface area (Å²) in [4.78, 5) is 29.2. The molecule has 182 valence electrons. The molecule has 1 aliphatic heterocycles. The number of halogens is 3. The van der Waals surface area contributed by atoms with Gasteiger partial charge in [0.1, 0.15) is 18.2 Å². The summed E-state index contributed by atoms with van der Waals surface area (Å²) in [6, 6.07) is 15.6. The molecule has 3 aromatic carbocycles. The van der Waals surface area contributed by atoms with Gasteiger partial charge in [-0.25, -0.2) is 14.0 Å². The molecule has 0 bridgehead atoms. The number of hydroxylamine groups is 2. The Morgan fingerprint density at radius 3 is 2.57 bits per heavy atom. The fourth-order valence-corrected chi connectivity index (χ4v) is 4.26. The second-order valence-corrected chi connectivity index (χ2v) is 8.60. The Balaban J connectivity index is 1.61. The second kappa shape index (κ2) is 10.9. The van der Waals surface area contributed by atoms with Crippen LogP contribution in [0.15, 0.2) is 60.7 Å². The number of carbonyl (C=O) groups is 2. The zero-order chi connectivity index (χ0) is 24.9. The van der Waals surface area contributed by atoms with E-state index < -0.39 is 30.6 Å². The lowest BCUT2D eigenvalue weighted by Gasteiger charge is -2.36. The normalized spacial score (nSPS) is 15.2. The predicted octanol–water partition coefficient (Wildman–Crippen LogP) is 5.81. The highest BCUT2D eigenvalue weighted by atomic mass is 35.5. The van der Waals surface area contributed by atoms with E-state index in [0.717, 1.165) is 11.1 Å². The first-order valence-electron chi connectivity index (χ1n) is 10.6. The van der Waals surface area contributed by atoms with Crippen molar-refractivity contribution in [3.63, 3.8) is 0 Å². The Morgan fingerprint density at radius 1 is 1.03 bits per heavy atom. The van der Waals surface area contributed by atoms with Crippen LogP contribution in [0.25, 0.3) is 0 Å². The van der Waals surface area contributed by atoms with Gasteiger partial charge in [-0.1, -0.05) is 47.5 Å². The van der Waals surface area contributed by atoms with Gasteiger partial charge in [0, 0.05) is 27.7 Å². The van der Waals surface area contributed by atoms with Crippen molar-refractivity contribution < 1.29 is 33.4 Å². The molecule has 1 N–H and O–H groups in total. The molecule has 1 heterocycles. The summed E-state index contributed by atoms with van der Waals surface area (Å²) in [5.41, 5.74) is 2.47. The van der Waals surface area contributed by atoms with Crippen LogP contribution >= 0.6 is 23.2 Å². The molecule has 0 fully saturated rings. The van der Waals surface area contributed by atoms with Crippen molar-refractivity contribution in [2.24, 2.45) is 0 Å². The first-order valence-corrected chi connectivity index (χ1v) is 11.3. The van der Waals surface area contributed by atoms with Crippen LogP contribution in [0.5, 0.6) is 5.75 Å². The average molecular weight is 520 g/mol. The van der Waals surface area contributed by atoms with E-state index in [4.69, 9.17) is 42.6 Å². The van der Waals surface area contributed by atoms with Gasteiger partial charge >= 0.3 is 12.1 Å². The summed E-state index contributed by atoms with van der Waals surface area (Å²) in [5.74, 6) is -1.42. The van der Waals surface area contributed by atoms with Gasteiger partial charge in [0.05, 0.1) is 6.04 Å². The quantitative estimate of drug-likeness (QED) is 0.394. The molecule has 0 aromatic heterocycles. The minimum Gasteiger partial charge on any atom is -0.482 e. The molecule has 0 saturated carbocycles. The maximum Gasteiger partial charge on any atom is 0.528 e. The van der Waals surface area contributed by atoms with Crippen molar-refractivity contribution >= 4 is 35.3 Å². The summed E-state index contributed by atoms with van der Waals surface area (Å²) in [7, 11) is 0. The van der Waals surface area contributed by atoms with Crippen LogP contribution in [-0.2, 0) is 27.4 Å². The standard InChI is InChI=1S/C25H20Cl2FNO6/c26-17-5-7-21(28)16(11-17)13-34-25(32)35-29-10-9-15-3-1-2-4-19(15)24(29)20-12-18(27)6-8-22(20)33-14-23(30)31/h1-8,11-12,24H,9-10,13-14H2,(H,30,31). The Hall–Kier alpha value is -3.33. The van der Waals surface area contributed by atoms with Crippen molar-refractivity contribution in [2.45, 2.75) is 19.1 Å². The fraction of sp³-hybridized carbons (Fsp3) is 0.200. The topological polar surface area (TPSA) is 85.3 Å². The van der Waals surface area contributed by atoms with Crippen molar-refractivity contribution in [3.8, 4) is 5.75 Å². The number of hydrogen-bond donors (Lipinski definition) is 1. The molecule has 35 heavy (non-hydrogen) atoms. The van der Waals surface area contributed by atoms with Crippen LogP contribution in [-0.4, -0.2) is 35.4 Å². The van der Waals surface area contributed by atoms with Crippen molar-refractivity contribution in [2.75, 3.05) is 13.2 Å². The zero-order valence-electron chi connectivity index (χ0n) is 18.2. The molecule has 4 rings (SSSR count). The van der Waals surface area contributed by atoms with Crippen LogP contribution in [0.1, 0.15) is 28.3 Å². The minimum atomic E-state index is -1.14. The van der Waals surface area contributed by atoms with E-state index in [-0.39, 0.29) is 17.9 Å². The van der Waals surface area contributed by atoms with Gasteiger partial charge < -0.3 is 19.4 Å². The smallest absolute Gasteiger partial charge is 0.482 e. The lowest BCUT2D eigenvalue weighted by molar-refractivity contribution is -0.152. The van der Waals surface area contributed by atoms with Crippen LogP contribution in [0.2, 0.25) is 10.0 Å². The highest BCUT2D eigenvalue weighted by Gasteiger charge is 2.34. The highest BCUT2D eigenvalue weighted by Crippen LogP contribution is 2.40. The maximum absolute atomic E-state index is 14.0. The van der Waals surface area contributed by atoms with E-state index in [2.05, 4.69) is 0 Å². The van der Waals surface area contributed by atoms with Crippen molar-refractivity contribution in [3.05, 3.63) is 98.8 Å². The molecule has 3 aromatic rings. The number of hydrogen-bond acceptors (Lipinski definition) is 6. The van der Waals surface area contributed by atoms with E-state index in [9.17, 15) is 14.0 Å². The number of benzene rings is 3. The summed E-state index contributed by atoms with van der Waals surface area (Å²) >= 11 is 12.1. The molecule has 1 aliphatic rings. The molecule has 10 heteroatoms. The number of ether oxygens (including phenoxy) is 2. The van der Waals surface area contributed by atoms with Crippen molar-refractivity contribution in [1.82, 2.24) is 5.06 Å². The summed E-state index contributed by atoms with van der Waals surface area (Å²) < 4.78 is 24.6. The number of fused-ring (bicyclic) bond motifs is 1. The summed E-state index contributed by atoms with van der Waals surface area (Å²) in [6.07, 6.45) is -0.460. The Labute approximate surface area is 210 Å². The van der Waals surface area contributed by atoms with Gasteiger partial charge in [-0.2, -0.15) is 0 Å². The summed E-state index contributed by atoms with van der Waals surface area (Å²) in [6.45, 7) is -0.616. The zero-order valence-corrected chi connectivity index (χ0v) is 19.8. The van der Waals surface area contributed by atoms with Crippen LogP contribution in [0, 0.1) is 5.82 Å². The van der Waals surface area contributed by atoms with E-state index >= 15 is 0 Å². The number of aliphatic carboxylic acids is 1. The summed E-state index contributed by atoms with van der Waals surface area (Å²) in [5, 5.41) is 11.2. The molecular formula is C25H20Cl2FNO6. The Bertz CT molecular complexity index is 1250. The Kier molecular flexibility index (Phi) is 7.75. The molecule has 1 unspecified atom stereocenters. The van der Waals surface area contributed by atoms with Crippen LogP contribution in [0.3, 0.4) is 0 Å². The van der Waals surface area contributed by atoms with E-state index in [1.165, 1.54) is 23.3 Å². The van der Waals surface area contributed by atoms with E-state index in [0.29, 0.717) is 28.6 Å². The van der Waals surface area contributed by atoms with Gasteiger partial charge in [-0.3, -0.25) is 0 Å². The van der Waals surface area contributed by atoms with E-state index in [1.54, 1.807) is 18.2 Å². The predicted molar refractivity (Wildman–Crippen MR) is 126 cm³/mol. The van der Waals surface area contributed by atoms with Crippen LogP contribution in [0.4, 0.5) is 9.18 Å². The molecule has 0 saturated heterocycles. The molecule has 0 spiro atoms. The van der Waals surface area contributed by atoms with Gasteiger partial charge in [-0.15, -0.1) is 5.06 Å². The third-order valence-electron chi connectivity index (χ3n) is 5.40. The number of nitrogens with zero attached hydrogens (tertiary/aromatic N) is 1. The first-order chi connectivity index (χ1) is 16.8. The monoisotopic (exact) mass is 519 g/mol. The molecular weight excluding hydrogens is 500 g/mol. The molecule has 0 radical (unpaired) electrons. The molecule has 1 atom stereocenters. The lowest BCUT2D eigenvalue weighted by atomic mass is 9.89. The van der Waals surface area contributed by atoms with Gasteiger partial charge in [0.25, 0.3) is 0 Å². The lowest BCUT2D eigenvalue weighted by Crippen LogP contribution is -2.38. The number of rotatable bonds is 7. The molecule has 0 aliphatic carbocycles. The van der Waals surface area contributed by atoms with Gasteiger partial charge in [0.2, 0.25) is 0 Å². The molecule has 0 amide bonds. The highest BCUT2D eigenvalue weighted by molar-refractivity contribution is 6.31. The number of carboxylic acid groups (broad SMARTS) is 1. The van der Waals surface area contributed by atoms with Gasteiger partial charge in [-0.05, 0) is 53.9 Å². The average Bonchev–Trinajstić information content (AvgIpc) is 2.83. The second-order valence-electron chi connectivity index (χ2n) is 7.72. The van der Waals surface area contributed by atoms with Crippen molar-refractivity contribution in [1.29, 1.82) is 0 Å². The largest absolute Gasteiger partial charge is 0.528 e. The SMILES string of the molecule is O=C(O)COc1ccc(Cl)cc1C1c2ccccc2CCN1OC(=O)OCc1cc(Cl)ccc1F. The first kappa shape index (κ1) is 24.8. The maximum atomic E-state index is 14.0. The van der Waals surface area contributed by atoms with Gasteiger partial charge in [0.15, 0.2) is 6.61 Å². The number of carbonyl (C=O) groups excluding carboxylic acids is 1. The minimum absolute atomic E-state index is 0.106. The Morgan fingerprint density at radius 2 is 1.77 bits per heavy atom. The molecule has 7 nitrogen and oxygen atoms in total.